The van der Waals surface area contributed by atoms with Crippen LogP contribution in [-0.4, -0.2) is 39.2 Å². The van der Waals surface area contributed by atoms with Crippen molar-refractivity contribution in [3.05, 3.63) is 54.4 Å². The topological polar surface area (TPSA) is 47.4 Å². The van der Waals surface area contributed by atoms with Crippen LogP contribution >= 0.6 is 0 Å². The molecule has 1 aromatic carbocycles. The van der Waals surface area contributed by atoms with Gasteiger partial charge in [0, 0.05) is 31.2 Å². The molecule has 2 aromatic rings. The van der Waals surface area contributed by atoms with Crippen LogP contribution in [0.5, 0.6) is 0 Å². The number of aromatic nitrogens is 2. The van der Waals surface area contributed by atoms with Crippen molar-refractivity contribution in [2.24, 2.45) is 5.92 Å². The normalized spacial score (nSPS) is 17.6. The number of benzene rings is 1. The number of hydrogen-bond acceptors (Lipinski definition) is 3. The van der Waals surface area contributed by atoms with E-state index in [1.807, 2.05) is 32.9 Å². The molecule has 156 valence electrons. The molecule has 0 aliphatic carbocycles. The van der Waals surface area contributed by atoms with Crippen molar-refractivity contribution in [3.63, 3.8) is 0 Å². The third kappa shape index (κ3) is 5.25. The van der Waals surface area contributed by atoms with E-state index in [0.717, 1.165) is 36.1 Å². The minimum Gasteiger partial charge on any atom is -0.443 e. The van der Waals surface area contributed by atoms with E-state index < -0.39 is 5.60 Å². The quantitative estimate of drug-likeness (QED) is 0.671. The molecule has 29 heavy (non-hydrogen) atoms. The van der Waals surface area contributed by atoms with Gasteiger partial charge < -0.3 is 14.2 Å². The first-order valence-electron chi connectivity index (χ1n) is 10.3. The molecule has 0 fully saturated rings. The van der Waals surface area contributed by atoms with Gasteiger partial charge in [0.25, 0.3) is 0 Å². The number of allylic oxidation sites excluding steroid dienone is 1. The Kier molecular flexibility index (Phi) is 6.40. The van der Waals surface area contributed by atoms with Gasteiger partial charge in [-0.25, -0.2) is 14.2 Å². The average Bonchev–Trinajstić information content (AvgIpc) is 3.13. The molecule has 3 rings (SSSR count). The molecule has 0 radical (unpaired) electrons. The van der Waals surface area contributed by atoms with Gasteiger partial charge in [0.1, 0.15) is 11.4 Å². The summed E-state index contributed by atoms with van der Waals surface area (Å²) < 4.78 is 21.8. The summed E-state index contributed by atoms with van der Waals surface area (Å²) in [6.45, 7) is 9.07. The first-order valence-corrected chi connectivity index (χ1v) is 10.3. The maximum absolute atomic E-state index is 14.3. The average molecular weight is 400 g/mol. The Morgan fingerprint density at radius 1 is 1.31 bits per heavy atom. The molecule has 1 unspecified atom stereocenters. The predicted octanol–water partition coefficient (Wildman–Crippen LogP) is 5.45. The largest absolute Gasteiger partial charge is 0.443 e. The van der Waals surface area contributed by atoms with Crippen molar-refractivity contribution in [2.45, 2.75) is 52.6 Å². The van der Waals surface area contributed by atoms with Crippen molar-refractivity contribution in [1.82, 2.24) is 14.5 Å². The molecule has 0 N–H and O–H groups in total. The maximum Gasteiger partial charge on any atom is 0.410 e. The Morgan fingerprint density at radius 2 is 2.10 bits per heavy atom. The van der Waals surface area contributed by atoms with Crippen molar-refractivity contribution in [2.75, 3.05) is 13.1 Å². The van der Waals surface area contributed by atoms with Gasteiger partial charge in [-0.2, -0.15) is 0 Å². The summed E-state index contributed by atoms with van der Waals surface area (Å²) in [4.78, 5) is 18.5. The Bertz CT molecular complexity index is 874. The van der Waals surface area contributed by atoms with Crippen LogP contribution in [0.4, 0.5) is 9.18 Å². The first kappa shape index (κ1) is 21.1. The SMILES string of the molecule is CCC1CC(c2cc(F)cc(-n3ccnc3)c2)=CCN(C(=O)OC(C)(C)CC)C1. The van der Waals surface area contributed by atoms with Crippen molar-refractivity contribution < 1.29 is 13.9 Å². The van der Waals surface area contributed by atoms with Gasteiger partial charge in [0.2, 0.25) is 0 Å². The van der Waals surface area contributed by atoms with Crippen LogP contribution in [0.3, 0.4) is 0 Å². The molecule has 5 nitrogen and oxygen atoms in total. The number of carbonyl (C=O) groups is 1. The summed E-state index contributed by atoms with van der Waals surface area (Å²) in [5.41, 5.74) is 2.15. The van der Waals surface area contributed by atoms with Gasteiger partial charge in [-0.1, -0.05) is 26.3 Å². The van der Waals surface area contributed by atoms with Crippen LogP contribution in [0.1, 0.15) is 52.5 Å². The van der Waals surface area contributed by atoms with Crippen LogP contribution < -0.4 is 0 Å². The lowest BCUT2D eigenvalue weighted by Crippen LogP contribution is -2.39. The van der Waals surface area contributed by atoms with Gasteiger partial charge in [0.05, 0.1) is 6.33 Å². The van der Waals surface area contributed by atoms with E-state index in [9.17, 15) is 9.18 Å². The van der Waals surface area contributed by atoms with Gasteiger partial charge in [-0.05, 0) is 61.9 Å². The second-order valence-corrected chi connectivity index (χ2v) is 8.26. The second kappa shape index (κ2) is 8.80. The fourth-order valence-electron chi connectivity index (χ4n) is 3.42. The van der Waals surface area contributed by atoms with Crippen LogP contribution in [-0.2, 0) is 4.74 Å². The lowest BCUT2D eigenvalue weighted by molar-refractivity contribution is 0.0113. The van der Waals surface area contributed by atoms with Gasteiger partial charge in [-0.15, -0.1) is 0 Å². The fourth-order valence-corrected chi connectivity index (χ4v) is 3.42. The van der Waals surface area contributed by atoms with Gasteiger partial charge in [-0.3, -0.25) is 0 Å². The van der Waals surface area contributed by atoms with Crippen molar-refractivity contribution in [3.8, 4) is 5.69 Å². The molecule has 1 amide bonds. The molecule has 0 saturated heterocycles. The van der Waals surface area contributed by atoms with Crippen LogP contribution in [0.15, 0.2) is 43.0 Å². The van der Waals surface area contributed by atoms with E-state index in [1.54, 1.807) is 34.3 Å². The van der Waals surface area contributed by atoms with E-state index in [-0.39, 0.29) is 11.9 Å². The third-order valence-electron chi connectivity index (χ3n) is 5.65. The van der Waals surface area contributed by atoms with E-state index in [0.29, 0.717) is 19.0 Å². The highest BCUT2D eigenvalue weighted by Crippen LogP contribution is 2.30. The summed E-state index contributed by atoms with van der Waals surface area (Å²) in [5.74, 6) is 0.00589. The Labute approximate surface area is 172 Å². The summed E-state index contributed by atoms with van der Waals surface area (Å²) in [7, 11) is 0. The third-order valence-corrected chi connectivity index (χ3v) is 5.65. The zero-order valence-corrected chi connectivity index (χ0v) is 17.7. The Balaban J connectivity index is 1.86. The van der Waals surface area contributed by atoms with Crippen molar-refractivity contribution >= 4 is 11.7 Å². The van der Waals surface area contributed by atoms with Crippen LogP contribution in [0.2, 0.25) is 0 Å². The molecule has 1 aromatic heterocycles. The lowest BCUT2D eigenvalue weighted by atomic mass is 9.92. The minimum atomic E-state index is -0.486. The molecular weight excluding hydrogens is 369 g/mol. The number of ether oxygens (including phenoxy) is 1. The Morgan fingerprint density at radius 3 is 2.76 bits per heavy atom. The van der Waals surface area contributed by atoms with Crippen LogP contribution in [0.25, 0.3) is 11.3 Å². The van der Waals surface area contributed by atoms with E-state index >= 15 is 0 Å². The molecule has 2 heterocycles. The monoisotopic (exact) mass is 399 g/mol. The molecule has 6 heteroatoms. The molecule has 0 bridgehead atoms. The predicted molar refractivity (Wildman–Crippen MR) is 112 cm³/mol. The molecule has 1 atom stereocenters. The summed E-state index contributed by atoms with van der Waals surface area (Å²) >= 11 is 0. The smallest absolute Gasteiger partial charge is 0.410 e. The number of nitrogens with zero attached hydrogens (tertiary/aromatic N) is 3. The second-order valence-electron chi connectivity index (χ2n) is 8.26. The minimum absolute atomic E-state index is 0.286. The highest BCUT2D eigenvalue weighted by Gasteiger charge is 2.28. The van der Waals surface area contributed by atoms with E-state index in [1.165, 1.54) is 6.07 Å². The highest BCUT2D eigenvalue weighted by molar-refractivity contribution is 5.72. The maximum atomic E-state index is 14.3. The number of halogens is 1. The standard InChI is InChI=1S/C23H30FN3O2/c1-5-17-11-18(7-9-26(15-17)22(28)29-23(3,4)6-2)19-12-20(24)14-21(13-19)27-10-8-25-16-27/h7-8,10,12-14,16-17H,5-6,9,11,15H2,1-4H3. The summed E-state index contributed by atoms with van der Waals surface area (Å²) in [5, 5.41) is 0. The molecule has 1 aliphatic rings. The molecule has 0 spiro atoms. The van der Waals surface area contributed by atoms with Gasteiger partial charge in [0.15, 0.2) is 0 Å². The van der Waals surface area contributed by atoms with Crippen LogP contribution in [0, 0.1) is 11.7 Å². The molecule has 1 aliphatic heterocycles. The van der Waals surface area contributed by atoms with Crippen molar-refractivity contribution in [1.29, 1.82) is 0 Å². The molecular formula is C23H30FN3O2. The van der Waals surface area contributed by atoms with Gasteiger partial charge >= 0.3 is 6.09 Å². The number of rotatable bonds is 5. The zero-order valence-electron chi connectivity index (χ0n) is 17.7. The zero-order chi connectivity index (χ0) is 21.0. The molecule has 0 saturated carbocycles. The Hall–Kier alpha value is -2.63. The summed E-state index contributed by atoms with van der Waals surface area (Å²) in [6.07, 6.45) is 9.35. The number of carbonyl (C=O) groups excluding carboxylic acids is 1. The number of imidazole rings is 1. The summed E-state index contributed by atoms with van der Waals surface area (Å²) in [6, 6.07) is 5.03. The van der Waals surface area contributed by atoms with E-state index in [4.69, 9.17) is 4.74 Å². The number of amides is 1. The highest BCUT2D eigenvalue weighted by atomic mass is 19.1. The van der Waals surface area contributed by atoms with E-state index in [2.05, 4.69) is 11.9 Å². The number of hydrogen-bond donors (Lipinski definition) is 0. The lowest BCUT2D eigenvalue weighted by Gasteiger charge is -2.29. The fraction of sp³-hybridized carbons (Fsp3) is 0.478. The first-order chi connectivity index (χ1) is 13.8.